The van der Waals surface area contributed by atoms with E-state index in [2.05, 4.69) is 21.2 Å². The summed E-state index contributed by atoms with van der Waals surface area (Å²) >= 11 is 8.55. The van der Waals surface area contributed by atoms with Gasteiger partial charge < -0.3 is 9.84 Å². The Morgan fingerprint density at radius 1 is 1.11 bits per heavy atom. The molecule has 10 heteroatoms. The number of carboxylic acids is 1. The summed E-state index contributed by atoms with van der Waals surface area (Å²) in [5.41, 5.74) is 0.907. The predicted octanol–water partition coefficient (Wildman–Crippen LogP) is 4.70. The summed E-state index contributed by atoms with van der Waals surface area (Å²) in [7, 11) is 0. The number of hydrogen-bond acceptors (Lipinski definition) is 5. The fourth-order valence-electron chi connectivity index (χ4n) is 3.33. The van der Waals surface area contributed by atoms with Crippen LogP contribution in [-0.4, -0.2) is 28.0 Å². The molecule has 0 aromatic heterocycles. The van der Waals surface area contributed by atoms with Gasteiger partial charge in [0.25, 0.3) is 11.8 Å². The zero-order chi connectivity index (χ0) is 25.1. The minimum atomic E-state index is -1.16. The van der Waals surface area contributed by atoms with Crippen molar-refractivity contribution in [1.29, 1.82) is 0 Å². The highest BCUT2D eigenvalue weighted by Crippen LogP contribution is 2.29. The first-order valence-electron chi connectivity index (χ1n) is 10.1. The molecule has 35 heavy (non-hydrogen) atoms. The lowest BCUT2D eigenvalue weighted by atomic mass is 10.1. The number of carboxylic acid groups (broad SMARTS) is 1. The summed E-state index contributed by atoms with van der Waals surface area (Å²) in [6.07, 6.45) is 1.39. The van der Waals surface area contributed by atoms with Crippen molar-refractivity contribution in [1.82, 2.24) is 5.32 Å². The SMILES string of the molecule is O=C1NC(=S)N(c2cccc(C(=O)O)c2)C(=O)C1=Cc1ccc(OCc2ccccc2F)c(Br)c1. The number of ether oxygens (including phenoxy) is 1. The van der Waals surface area contributed by atoms with E-state index in [-0.39, 0.29) is 34.4 Å². The first kappa shape index (κ1) is 24.2. The molecule has 176 valence electrons. The summed E-state index contributed by atoms with van der Waals surface area (Å²) in [5.74, 6) is -2.46. The third-order valence-electron chi connectivity index (χ3n) is 5.06. The second kappa shape index (κ2) is 10.2. The number of halogens is 2. The molecule has 0 atom stereocenters. The Morgan fingerprint density at radius 2 is 1.89 bits per heavy atom. The number of thiocarbonyl (C=S) groups is 1. The number of benzene rings is 3. The van der Waals surface area contributed by atoms with E-state index in [9.17, 15) is 23.9 Å². The van der Waals surface area contributed by atoms with Crippen molar-refractivity contribution < 1.29 is 28.6 Å². The fourth-order valence-corrected chi connectivity index (χ4v) is 4.12. The number of amides is 2. The van der Waals surface area contributed by atoms with E-state index < -0.39 is 17.8 Å². The molecule has 7 nitrogen and oxygen atoms in total. The molecule has 1 saturated heterocycles. The minimum absolute atomic E-state index is 0.0222. The van der Waals surface area contributed by atoms with E-state index in [0.29, 0.717) is 21.3 Å². The number of carbonyl (C=O) groups is 3. The number of aromatic carboxylic acids is 1. The topological polar surface area (TPSA) is 95.9 Å². The molecule has 1 aliphatic heterocycles. The summed E-state index contributed by atoms with van der Waals surface area (Å²) in [6.45, 7) is 0.0222. The molecule has 2 amide bonds. The van der Waals surface area contributed by atoms with Crippen LogP contribution in [0.4, 0.5) is 10.1 Å². The van der Waals surface area contributed by atoms with Gasteiger partial charge in [0.2, 0.25) is 0 Å². The second-order valence-corrected chi connectivity index (χ2v) is 8.62. The van der Waals surface area contributed by atoms with E-state index in [0.717, 1.165) is 4.90 Å². The van der Waals surface area contributed by atoms with Crippen LogP contribution in [0.15, 0.2) is 76.8 Å². The van der Waals surface area contributed by atoms with E-state index >= 15 is 0 Å². The lowest BCUT2D eigenvalue weighted by molar-refractivity contribution is -0.122. The molecule has 4 rings (SSSR count). The van der Waals surface area contributed by atoms with Crippen LogP contribution in [0.2, 0.25) is 0 Å². The zero-order valence-electron chi connectivity index (χ0n) is 17.8. The smallest absolute Gasteiger partial charge is 0.335 e. The predicted molar refractivity (Wildman–Crippen MR) is 134 cm³/mol. The Balaban J connectivity index is 1.58. The van der Waals surface area contributed by atoms with Crippen LogP contribution in [0.3, 0.4) is 0 Å². The maximum absolute atomic E-state index is 13.8. The summed E-state index contributed by atoms with van der Waals surface area (Å²) in [6, 6.07) is 16.9. The first-order chi connectivity index (χ1) is 16.7. The molecular weight excluding hydrogens is 539 g/mol. The standard InChI is InChI=1S/C25H16BrFN2O5S/c26-19-11-14(8-9-21(19)34-13-16-4-1-2-7-20(16)27)10-18-22(30)28-25(35)29(23(18)31)17-6-3-5-15(12-17)24(32)33/h1-12H,13H2,(H,32,33)(H,28,30,35). The van der Waals surface area contributed by atoms with Crippen LogP contribution in [0.5, 0.6) is 5.75 Å². The molecule has 0 bridgehead atoms. The third-order valence-corrected chi connectivity index (χ3v) is 5.97. The summed E-state index contributed by atoms with van der Waals surface area (Å²) in [4.78, 5) is 38.1. The van der Waals surface area contributed by atoms with Gasteiger partial charge in [-0.1, -0.05) is 30.3 Å². The van der Waals surface area contributed by atoms with Gasteiger partial charge in [0.15, 0.2) is 5.11 Å². The molecule has 2 N–H and O–H groups in total. The Bertz CT molecular complexity index is 1410. The van der Waals surface area contributed by atoms with Crippen molar-refractivity contribution in [3.05, 3.63) is 99.3 Å². The maximum atomic E-state index is 13.8. The van der Waals surface area contributed by atoms with E-state index in [4.69, 9.17) is 17.0 Å². The van der Waals surface area contributed by atoms with Gasteiger partial charge in [0, 0.05) is 5.56 Å². The van der Waals surface area contributed by atoms with Gasteiger partial charge in [0.05, 0.1) is 15.7 Å². The molecule has 0 saturated carbocycles. The van der Waals surface area contributed by atoms with Crippen LogP contribution in [0.25, 0.3) is 6.08 Å². The largest absolute Gasteiger partial charge is 0.488 e. The molecule has 1 heterocycles. The van der Waals surface area contributed by atoms with Crippen LogP contribution < -0.4 is 15.0 Å². The average Bonchev–Trinajstić information content (AvgIpc) is 2.82. The van der Waals surface area contributed by atoms with E-state index in [1.54, 1.807) is 36.4 Å². The zero-order valence-corrected chi connectivity index (χ0v) is 20.2. The number of nitrogens with one attached hydrogen (secondary N) is 1. The van der Waals surface area contributed by atoms with Crippen molar-refractivity contribution in [3.63, 3.8) is 0 Å². The number of nitrogens with zero attached hydrogens (tertiary/aromatic N) is 1. The lowest BCUT2D eigenvalue weighted by Gasteiger charge is -2.29. The van der Waals surface area contributed by atoms with Crippen molar-refractivity contribution in [2.45, 2.75) is 6.61 Å². The highest BCUT2D eigenvalue weighted by atomic mass is 79.9. The highest BCUT2D eigenvalue weighted by molar-refractivity contribution is 9.10. The Hall–Kier alpha value is -3.89. The van der Waals surface area contributed by atoms with Crippen molar-refractivity contribution >= 4 is 62.8 Å². The van der Waals surface area contributed by atoms with Gasteiger partial charge in [-0.25, -0.2) is 9.18 Å². The van der Waals surface area contributed by atoms with Crippen LogP contribution in [-0.2, 0) is 16.2 Å². The Morgan fingerprint density at radius 3 is 2.60 bits per heavy atom. The molecule has 1 fully saturated rings. The molecule has 3 aromatic rings. The quantitative estimate of drug-likeness (QED) is 0.260. The number of anilines is 1. The third kappa shape index (κ3) is 5.28. The van der Waals surface area contributed by atoms with Gasteiger partial charge in [0.1, 0.15) is 23.7 Å². The monoisotopic (exact) mass is 554 g/mol. The first-order valence-corrected chi connectivity index (χ1v) is 11.4. The van der Waals surface area contributed by atoms with Crippen LogP contribution in [0.1, 0.15) is 21.5 Å². The van der Waals surface area contributed by atoms with E-state index in [1.165, 1.54) is 36.4 Å². The van der Waals surface area contributed by atoms with Crippen LogP contribution >= 0.6 is 28.1 Å². The molecule has 1 aliphatic rings. The van der Waals surface area contributed by atoms with Crippen molar-refractivity contribution in [3.8, 4) is 5.75 Å². The Labute approximate surface area is 212 Å². The van der Waals surface area contributed by atoms with Crippen molar-refractivity contribution in [2.75, 3.05) is 4.90 Å². The minimum Gasteiger partial charge on any atom is -0.488 e. The lowest BCUT2D eigenvalue weighted by Crippen LogP contribution is -2.54. The van der Waals surface area contributed by atoms with Crippen molar-refractivity contribution in [2.24, 2.45) is 0 Å². The van der Waals surface area contributed by atoms with Gasteiger partial charge in [-0.2, -0.15) is 0 Å². The number of rotatable bonds is 6. The maximum Gasteiger partial charge on any atom is 0.335 e. The summed E-state index contributed by atoms with van der Waals surface area (Å²) < 4.78 is 20.0. The number of hydrogen-bond donors (Lipinski definition) is 2. The molecule has 0 radical (unpaired) electrons. The fraction of sp³-hybridized carbons (Fsp3) is 0.0400. The Kier molecular flexibility index (Phi) is 7.04. The van der Waals surface area contributed by atoms with E-state index in [1.807, 2.05) is 0 Å². The van der Waals surface area contributed by atoms with Gasteiger partial charge in [-0.15, -0.1) is 0 Å². The van der Waals surface area contributed by atoms with Gasteiger partial charge >= 0.3 is 5.97 Å². The molecule has 0 spiro atoms. The number of carbonyl (C=O) groups excluding carboxylic acids is 2. The van der Waals surface area contributed by atoms with Crippen LogP contribution in [0, 0.1) is 5.82 Å². The summed E-state index contributed by atoms with van der Waals surface area (Å²) in [5, 5.41) is 11.5. The van der Waals surface area contributed by atoms with Gasteiger partial charge in [-0.05, 0) is 76.2 Å². The molecule has 0 unspecified atom stereocenters. The molecule has 3 aromatic carbocycles. The average molecular weight is 555 g/mol. The molecular formula is C25H16BrFN2O5S. The highest BCUT2D eigenvalue weighted by Gasteiger charge is 2.34. The van der Waals surface area contributed by atoms with Gasteiger partial charge in [-0.3, -0.25) is 19.8 Å². The molecule has 0 aliphatic carbocycles. The normalized spacial score (nSPS) is 14.7. The second-order valence-electron chi connectivity index (χ2n) is 7.38.